The van der Waals surface area contributed by atoms with Crippen molar-refractivity contribution in [1.82, 2.24) is 0 Å². The molecule has 276 valence electrons. The van der Waals surface area contributed by atoms with Gasteiger partial charge in [0.1, 0.15) is 5.75 Å². The quantitative estimate of drug-likeness (QED) is 0.114. The summed E-state index contributed by atoms with van der Waals surface area (Å²) in [5.41, 5.74) is -0.717. The predicted molar refractivity (Wildman–Crippen MR) is 149 cm³/mol. The third-order valence-corrected chi connectivity index (χ3v) is 14.0. The van der Waals surface area contributed by atoms with Crippen molar-refractivity contribution < 1.29 is 76.1 Å². The number of hydrogen-bond donors (Lipinski definition) is 1. The van der Waals surface area contributed by atoms with Gasteiger partial charge in [0.2, 0.25) is 0 Å². The number of aliphatic hydroxyl groups is 1. The number of ether oxygens (including phenoxy) is 2. The minimum atomic E-state index is -7.95. The van der Waals surface area contributed by atoms with Crippen molar-refractivity contribution in [2.75, 3.05) is 20.3 Å². The first-order chi connectivity index (χ1) is 21.1. The summed E-state index contributed by atoms with van der Waals surface area (Å²) in [6.45, 7) is 8.57. The zero-order chi connectivity index (χ0) is 37.0. The van der Waals surface area contributed by atoms with Crippen LogP contribution in [0.2, 0.25) is 17.1 Å². The molecule has 1 rings (SSSR count). The molecule has 4 nitrogen and oxygen atoms in total. The maximum Gasteiger partial charge on any atom is 0.460 e. The van der Waals surface area contributed by atoms with Crippen LogP contribution in [0.5, 0.6) is 5.75 Å². The highest BCUT2D eigenvalue weighted by Crippen LogP contribution is 2.61. The molecule has 0 saturated carbocycles. The molecule has 0 fully saturated rings. The van der Waals surface area contributed by atoms with Crippen molar-refractivity contribution in [2.45, 2.75) is 114 Å². The van der Waals surface area contributed by atoms with Gasteiger partial charge in [-0.05, 0) is 34.8 Å². The lowest BCUT2D eigenvalue weighted by Crippen LogP contribution is -2.70. The molecule has 1 aromatic carbocycles. The molecule has 0 amide bonds. The van der Waals surface area contributed by atoms with E-state index in [2.05, 4.69) is 0 Å². The zero-order valence-corrected chi connectivity index (χ0v) is 27.8. The minimum Gasteiger partial charge on any atom is -0.497 e. The number of aliphatic hydroxyl groups excluding tert-OH is 1. The summed E-state index contributed by atoms with van der Waals surface area (Å²) in [6.07, 6.45) is -10.8. The number of hydrogen-bond acceptors (Lipinski definition) is 4. The van der Waals surface area contributed by atoms with Crippen LogP contribution in [0.25, 0.3) is 0 Å². The number of alkyl halides is 13. The molecule has 18 heteroatoms. The fraction of sp³-hybridized carbons (Fsp3) is 0.793. The molecule has 3 atom stereocenters. The fourth-order valence-corrected chi connectivity index (χ4v) is 10.0. The molecule has 47 heavy (non-hydrogen) atoms. The molecule has 0 aromatic heterocycles. The SMILES string of the molecule is COc1ccc(COC[C@H](C)[C@H](O[Si](CCC(F)(F)C(F)(F)C(F)(F)C(F)(F)C(F)(F)C(F)(F)F)(C(C)C)C(C)C)[C@@H](C)CO)cc1. The summed E-state index contributed by atoms with van der Waals surface area (Å²) in [7, 11) is -2.40. The molecule has 0 spiro atoms. The highest BCUT2D eigenvalue weighted by molar-refractivity contribution is 6.76. The zero-order valence-electron chi connectivity index (χ0n) is 26.8. The van der Waals surface area contributed by atoms with E-state index in [0.717, 1.165) is 5.56 Å². The van der Waals surface area contributed by atoms with Crippen LogP contribution in [0, 0.1) is 11.8 Å². The van der Waals surface area contributed by atoms with E-state index in [9.17, 15) is 62.2 Å². The number of halogens is 13. The average Bonchev–Trinajstić information content (AvgIpc) is 2.95. The van der Waals surface area contributed by atoms with Crippen molar-refractivity contribution in [1.29, 1.82) is 0 Å². The molecule has 1 aromatic rings. The first-order valence-electron chi connectivity index (χ1n) is 14.6. The van der Waals surface area contributed by atoms with Gasteiger partial charge in [-0.15, -0.1) is 0 Å². The van der Waals surface area contributed by atoms with Crippen molar-refractivity contribution >= 4 is 8.32 Å². The van der Waals surface area contributed by atoms with E-state index < -0.39 is 92.2 Å². The second kappa shape index (κ2) is 15.4. The monoisotopic (exact) mass is 728 g/mol. The summed E-state index contributed by atoms with van der Waals surface area (Å²) in [5.74, 6) is -37.8. The Morgan fingerprint density at radius 1 is 0.681 bits per heavy atom. The Morgan fingerprint density at radius 2 is 1.15 bits per heavy atom. The number of rotatable bonds is 19. The second-order valence-electron chi connectivity index (χ2n) is 12.3. The molecule has 0 bridgehead atoms. The van der Waals surface area contributed by atoms with Gasteiger partial charge in [0.15, 0.2) is 8.32 Å². The highest BCUT2D eigenvalue weighted by atomic mass is 28.4. The molecule has 0 radical (unpaired) electrons. The summed E-state index contributed by atoms with van der Waals surface area (Å²) >= 11 is 0. The molecular weight excluding hydrogens is 687 g/mol. The van der Waals surface area contributed by atoms with Crippen LogP contribution in [0.15, 0.2) is 24.3 Å². The molecule has 0 saturated heterocycles. The van der Waals surface area contributed by atoms with Crippen LogP contribution in [0.3, 0.4) is 0 Å². The summed E-state index contributed by atoms with van der Waals surface area (Å²) in [6, 6.07) is 5.71. The molecule has 0 aliphatic rings. The Labute approximate surface area is 266 Å². The van der Waals surface area contributed by atoms with E-state index >= 15 is 0 Å². The fourth-order valence-electron chi connectivity index (χ4n) is 5.22. The summed E-state index contributed by atoms with van der Waals surface area (Å²) < 4.78 is 196. The van der Waals surface area contributed by atoms with E-state index in [-0.39, 0.29) is 13.2 Å². The van der Waals surface area contributed by atoms with Crippen LogP contribution >= 0.6 is 0 Å². The first-order valence-corrected chi connectivity index (χ1v) is 16.8. The normalized spacial score (nSPS) is 16.5. The Bertz CT molecular complexity index is 1100. The minimum absolute atomic E-state index is 0.0232. The third kappa shape index (κ3) is 8.69. The van der Waals surface area contributed by atoms with Gasteiger partial charge >= 0.3 is 35.8 Å². The van der Waals surface area contributed by atoms with Crippen LogP contribution in [0.1, 0.15) is 53.5 Å². The van der Waals surface area contributed by atoms with E-state index in [1.807, 2.05) is 0 Å². The molecule has 0 aliphatic carbocycles. The van der Waals surface area contributed by atoms with Gasteiger partial charge in [-0.2, -0.15) is 57.1 Å². The van der Waals surface area contributed by atoms with Gasteiger partial charge in [0.05, 0.1) is 26.4 Å². The molecule has 0 heterocycles. The third-order valence-electron chi connectivity index (χ3n) is 8.36. The Hall–Kier alpha value is -1.79. The molecular formula is C29H41F13O4Si. The van der Waals surface area contributed by atoms with Crippen molar-refractivity contribution in [2.24, 2.45) is 11.8 Å². The highest BCUT2D eigenvalue weighted by Gasteiger charge is 2.90. The van der Waals surface area contributed by atoms with E-state index in [1.54, 1.807) is 31.2 Å². The van der Waals surface area contributed by atoms with Gasteiger partial charge in [-0.25, -0.2) is 0 Å². The van der Waals surface area contributed by atoms with Gasteiger partial charge in [-0.3, -0.25) is 0 Å². The first kappa shape index (κ1) is 43.2. The molecule has 0 aliphatic heterocycles. The lowest BCUT2D eigenvalue weighted by Gasteiger charge is -2.46. The predicted octanol–water partition coefficient (Wildman–Crippen LogP) is 9.76. The standard InChI is InChI=1S/C29H41F13O4Si/c1-17(2)47(18(3)4,46-23(19(5)14-43)20(6)15-45-16-21-8-10-22(44-7)11-9-21)13-12-24(30,31)25(32,33)26(34,35)27(36,37)28(38,39)29(40,41)42/h8-11,17-20,23,43H,12-16H2,1-7H3/t19-,20-,23+/m0/s1. The average molecular weight is 729 g/mol. The van der Waals surface area contributed by atoms with Gasteiger partial charge in [-0.1, -0.05) is 53.7 Å². The van der Waals surface area contributed by atoms with Gasteiger partial charge < -0.3 is 19.0 Å². The topological polar surface area (TPSA) is 47.9 Å². The number of methoxy groups -OCH3 is 1. The lowest BCUT2D eigenvalue weighted by atomic mass is 9.93. The maximum atomic E-state index is 14.9. The van der Waals surface area contributed by atoms with Crippen LogP contribution in [0.4, 0.5) is 57.1 Å². The van der Waals surface area contributed by atoms with Crippen molar-refractivity contribution in [3.63, 3.8) is 0 Å². The largest absolute Gasteiger partial charge is 0.497 e. The Balaban J connectivity index is 3.37. The van der Waals surface area contributed by atoms with Crippen molar-refractivity contribution in [3.05, 3.63) is 29.8 Å². The van der Waals surface area contributed by atoms with Crippen molar-refractivity contribution in [3.8, 4) is 5.75 Å². The Kier molecular flexibility index (Phi) is 14.2. The van der Waals surface area contributed by atoms with Gasteiger partial charge in [0.25, 0.3) is 0 Å². The number of benzene rings is 1. The van der Waals surface area contributed by atoms with E-state index in [1.165, 1.54) is 41.7 Å². The van der Waals surface area contributed by atoms with Gasteiger partial charge in [0, 0.05) is 24.9 Å². The molecule has 1 N–H and O–H groups in total. The summed E-state index contributed by atoms with van der Waals surface area (Å²) in [5, 5.41) is 9.90. The lowest BCUT2D eigenvalue weighted by molar-refractivity contribution is -0.440. The summed E-state index contributed by atoms with van der Waals surface area (Å²) in [4.78, 5) is 0. The Morgan fingerprint density at radius 3 is 1.55 bits per heavy atom. The maximum absolute atomic E-state index is 14.9. The smallest absolute Gasteiger partial charge is 0.460 e. The van der Waals surface area contributed by atoms with E-state index in [4.69, 9.17) is 13.9 Å². The van der Waals surface area contributed by atoms with Crippen LogP contribution in [-0.4, -0.2) is 75.6 Å². The van der Waals surface area contributed by atoms with Crippen LogP contribution in [-0.2, 0) is 15.8 Å². The second-order valence-corrected chi connectivity index (χ2v) is 17.3. The molecule has 0 unspecified atom stereocenters. The van der Waals surface area contributed by atoms with Crippen LogP contribution < -0.4 is 4.74 Å². The van der Waals surface area contributed by atoms with E-state index in [0.29, 0.717) is 5.75 Å².